The lowest BCUT2D eigenvalue weighted by atomic mass is 9.82. The van der Waals surface area contributed by atoms with Gasteiger partial charge in [-0.1, -0.05) is 30.3 Å². The number of alkyl carbamates (subject to hydrolysis) is 1. The molecule has 3 rings (SSSR count). The second-order valence-corrected chi connectivity index (χ2v) is 6.14. The number of amides is 1. The SMILES string of the molecule is O=C(NC[C@]12CC[C@H](C[C@H]1O)C2)OCc1ccccc1. The lowest BCUT2D eigenvalue weighted by molar-refractivity contribution is 0.0390. The molecule has 0 radical (unpaired) electrons. The molecule has 0 spiro atoms. The first-order valence-corrected chi connectivity index (χ1v) is 7.31. The van der Waals surface area contributed by atoms with Gasteiger partial charge in [-0.2, -0.15) is 0 Å². The van der Waals surface area contributed by atoms with Gasteiger partial charge in [-0.25, -0.2) is 4.79 Å². The molecule has 3 atom stereocenters. The number of carbonyl (C=O) groups is 1. The van der Waals surface area contributed by atoms with Crippen molar-refractivity contribution in [3.63, 3.8) is 0 Å². The number of nitrogens with one attached hydrogen (secondary N) is 1. The van der Waals surface area contributed by atoms with E-state index in [0.29, 0.717) is 12.5 Å². The Hall–Kier alpha value is -1.55. The lowest BCUT2D eigenvalue weighted by Crippen LogP contribution is -2.42. The van der Waals surface area contributed by atoms with Crippen LogP contribution < -0.4 is 5.32 Å². The molecule has 0 saturated heterocycles. The first-order valence-electron chi connectivity index (χ1n) is 7.31. The summed E-state index contributed by atoms with van der Waals surface area (Å²) in [5, 5.41) is 12.9. The molecule has 2 saturated carbocycles. The van der Waals surface area contributed by atoms with Crippen LogP contribution in [0.25, 0.3) is 0 Å². The van der Waals surface area contributed by atoms with E-state index in [-0.39, 0.29) is 18.1 Å². The third kappa shape index (κ3) is 2.66. The fraction of sp³-hybridized carbons (Fsp3) is 0.562. The van der Waals surface area contributed by atoms with Crippen molar-refractivity contribution in [2.45, 2.75) is 38.4 Å². The molecule has 0 aliphatic heterocycles. The number of aliphatic hydroxyl groups is 1. The summed E-state index contributed by atoms with van der Waals surface area (Å²) in [5.74, 6) is 0.645. The van der Waals surface area contributed by atoms with E-state index < -0.39 is 6.09 Å². The Morgan fingerprint density at radius 1 is 1.40 bits per heavy atom. The molecule has 20 heavy (non-hydrogen) atoms. The van der Waals surface area contributed by atoms with Crippen molar-refractivity contribution >= 4 is 6.09 Å². The molecule has 2 bridgehead atoms. The van der Waals surface area contributed by atoms with Crippen molar-refractivity contribution in [2.75, 3.05) is 6.54 Å². The maximum Gasteiger partial charge on any atom is 0.407 e. The first-order chi connectivity index (χ1) is 9.68. The van der Waals surface area contributed by atoms with Crippen LogP contribution in [0, 0.1) is 11.3 Å². The molecular formula is C16H21NO3. The second kappa shape index (κ2) is 5.44. The minimum atomic E-state index is -0.397. The summed E-state index contributed by atoms with van der Waals surface area (Å²) in [7, 11) is 0. The first kappa shape index (κ1) is 13.4. The molecule has 4 heteroatoms. The van der Waals surface area contributed by atoms with Crippen molar-refractivity contribution < 1.29 is 14.6 Å². The van der Waals surface area contributed by atoms with Gasteiger partial charge in [0.25, 0.3) is 0 Å². The Labute approximate surface area is 119 Å². The zero-order valence-corrected chi connectivity index (χ0v) is 11.5. The van der Waals surface area contributed by atoms with Gasteiger partial charge < -0.3 is 15.2 Å². The predicted molar refractivity (Wildman–Crippen MR) is 75.0 cm³/mol. The average molecular weight is 275 g/mol. The zero-order valence-electron chi connectivity index (χ0n) is 11.5. The Balaban J connectivity index is 1.46. The van der Waals surface area contributed by atoms with Crippen LogP contribution in [-0.2, 0) is 11.3 Å². The molecular weight excluding hydrogens is 254 g/mol. The highest BCUT2D eigenvalue weighted by Gasteiger charge is 2.51. The smallest absolute Gasteiger partial charge is 0.407 e. The van der Waals surface area contributed by atoms with Crippen LogP contribution in [0.2, 0.25) is 0 Å². The molecule has 1 aromatic carbocycles. The number of hydrogen-bond donors (Lipinski definition) is 2. The van der Waals surface area contributed by atoms with Crippen LogP contribution in [-0.4, -0.2) is 23.8 Å². The van der Waals surface area contributed by atoms with Crippen molar-refractivity contribution in [1.82, 2.24) is 5.32 Å². The molecule has 4 nitrogen and oxygen atoms in total. The van der Waals surface area contributed by atoms with Crippen LogP contribution in [0.15, 0.2) is 30.3 Å². The summed E-state index contributed by atoms with van der Waals surface area (Å²) in [4.78, 5) is 11.7. The molecule has 0 aromatic heterocycles. The maximum atomic E-state index is 11.7. The highest BCUT2D eigenvalue weighted by molar-refractivity contribution is 5.67. The maximum absolute atomic E-state index is 11.7. The predicted octanol–water partition coefficient (Wildman–Crippen LogP) is 2.46. The summed E-state index contributed by atoms with van der Waals surface area (Å²) in [6.45, 7) is 0.809. The Morgan fingerprint density at radius 2 is 2.20 bits per heavy atom. The van der Waals surface area contributed by atoms with Gasteiger partial charge in [-0.15, -0.1) is 0 Å². The third-order valence-electron chi connectivity index (χ3n) is 4.81. The van der Waals surface area contributed by atoms with Crippen molar-refractivity contribution in [2.24, 2.45) is 11.3 Å². The van der Waals surface area contributed by atoms with Crippen molar-refractivity contribution in [3.05, 3.63) is 35.9 Å². The fourth-order valence-electron chi connectivity index (χ4n) is 3.64. The van der Waals surface area contributed by atoms with Gasteiger partial charge in [-0.3, -0.25) is 0 Å². The fourth-order valence-corrected chi connectivity index (χ4v) is 3.64. The van der Waals surface area contributed by atoms with Gasteiger partial charge in [0.2, 0.25) is 0 Å². The number of aliphatic hydroxyl groups excluding tert-OH is 1. The number of rotatable bonds is 4. The summed E-state index contributed by atoms with van der Waals surface area (Å²) in [5.41, 5.74) is 0.874. The van der Waals surface area contributed by atoms with Gasteiger partial charge in [0.1, 0.15) is 6.61 Å². The molecule has 1 aromatic rings. The van der Waals surface area contributed by atoms with E-state index in [0.717, 1.165) is 24.8 Å². The van der Waals surface area contributed by atoms with E-state index in [1.807, 2.05) is 30.3 Å². The average Bonchev–Trinajstić information content (AvgIpc) is 3.01. The summed E-state index contributed by atoms with van der Waals surface area (Å²) < 4.78 is 5.19. The minimum Gasteiger partial charge on any atom is -0.445 e. The highest BCUT2D eigenvalue weighted by atomic mass is 16.5. The molecule has 2 aliphatic carbocycles. The molecule has 2 N–H and O–H groups in total. The largest absolute Gasteiger partial charge is 0.445 e. The normalized spacial score (nSPS) is 31.2. The number of ether oxygens (including phenoxy) is 1. The molecule has 0 heterocycles. The van der Waals surface area contributed by atoms with Crippen LogP contribution in [0.3, 0.4) is 0 Å². The quantitative estimate of drug-likeness (QED) is 0.887. The topological polar surface area (TPSA) is 58.6 Å². The molecule has 2 fully saturated rings. The highest BCUT2D eigenvalue weighted by Crippen LogP contribution is 2.53. The van der Waals surface area contributed by atoms with Crippen LogP contribution in [0.4, 0.5) is 4.79 Å². The lowest BCUT2D eigenvalue weighted by Gasteiger charge is -2.31. The standard InChI is InChI=1S/C16H21NO3/c18-14-8-13-6-7-16(14,9-13)11-17-15(19)20-10-12-4-2-1-3-5-12/h1-5,13-14,18H,6-11H2,(H,17,19)/t13-,14-,16-/m1/s1. The van der Waals surface area contributed by atoms with E-state index in [4.69, 9.17) is 4.74 Å². The van der Waals surface area contributed by atoms with Crippen LogP contribution >= 0.6 is 0 Å². The molecule has 1 amide bonds. The Morgan fingerprint density at radius 3 is 2.85 bits per heavy atom. The van der Waals surface area contributed by atoms with Crippen molar-refractivity contribution in [1.29, 1.82) is 0 Å². The zero-order chi connectivity index (χ0) is 14.0. The minimum absolute atomic E-state index is 0.101. The Bertz CT molecular complexity index is 476. The van der Waals surface area contributed by atoms with Gasteiger partial charge >= 0.3 is 6.09 Å². The van der Waals surface area contributed by atoms with E-state index >= 15 is 0 Å². The Kier molecular flexibility index (Phi) is 3.66. The van der Waals surface area contributed by atoms with Crippen LogP contribution in [0.1, 0.15) is 31.2 Å². The number of hydrogen-bond acceptors (Lipinski definition) is 3. The van der Waals surface area contributed by atoms with Gasteiger partial charge in [-0.05, 0) is 37.2 Å². The van der Waals surface area contributed by atoms with Gasteiger partial charge in [0.05, 0.1) is 6.10 Å². The monoisotopic (exact) mass is 275 g/mol. The summed E-state index contributed by atoms with van der Waals surface area (Å²) in [6, 6.07) is 9.62. The molecule has 0 unspecified atom stereocenters. The molecule has 2 aliphatic rings. The van der Waals surface area contributed by atoms with Crippen LogP contribution in [0.5, 0.6) is 0 Å². The second-order valence-electron chi connectivity index (χ2n) is 6.14. The molecule has 108 valence electrons. The summed E-state index contributed by atoms with van der Waals surface area (Å²) >= 11 is 0. The van der Waals surface area contributed by atoms with E-state index in [1.54, 1.807) is 0 Å². The van der Waals surface area contributed by atoms with Gasteiger partial charge in [0, 0.05) is 12.0 Å². The van der Waals surface area contributed by atoms with E-state index in [1.165, 1.54) is 6.42 Å². The number of fused-ring (bicyclic) bond motifs is 2. The summed E-state index contributed by atoms with van der Waals surface area (Å²) in [6.07, 6.45) is 3.45. The van der Waals surface area contributed by atoms with Gasteiger partial charge in [0.15, 0.2) is 0 Å². The number of benzene rings is 1. The number of carbonyl (C=O) groups excluding carboxylic acids is 1. The third-order valence-corrected chi connectivity index (χ3v) is 4.81. The van der Waals surface area contributed by atoms with E-state index in [2.05, 4.69) is 5.32 Å². The van der Waals surface area contributed by atoms with Crippen molar-refractivity contribution in [3.8, 4) is 0 Å². The van der Waals surface area contributed by atoms with E-state index in [9.17, 15) is 9.90 Å².